The molecule has 0 radical (unpaired) electrons. The summed E-state index contributed by atoms with van der Waals surface area (Å²) in [6.07, 6.45) is 9.14. The van der Waals surface area contributed by atoms with Gasteiger partial charge < -0.3 is 15.1 Å². The standard InChI is InChI=1S/C25H36N6O/c1-20(2)29-12-7-22(8-13-29)30-10-5-11-31(15-14-30)23-16-21(17-26-19-23)18-28-25(32)24-6-3-4-9-27-24/h3-4,6,9,16-17,19-20,22H,5,7-8,10-15,18H2,1-2H3,(H,28,32). The minimum Gasteiger partial charge on any atom is -0.369 e. The summed E-state index contributed by atoms with van der Waals surface area (Å²) in [6, 6.07) is 8.88. The van der Waals surface area contributed by atoms with Crippen molar-refractivity contribution in [2.75, 3.05) is 44.2 Å². The van der Waals surface area contributed by atoms with Crippen molar-refractivity contribution in [2.24, 2.45) is 0 Å². The predicted octanol–water partition coefficient (Wildman–Crippen LogP) is 2.79. The lowest BCUT2D eigenvalue weighted by Gasteiger charge is -2.39. The number of hydrogen-bond donors (Lipinski definition) is 1. The van der Waals surface area contributed by atoms with Gasteiger partial charge in [0.2, 0.25) is 0 Å². The Balaban J connectivity index is 1.30. The van der Waals surface area contributed by atoms with Crippen LogP contribution in [0.2, 0.25) is 0 Å². The van der Waals surface area contributed by atoms with E-state index in [-0.39, 0.29) is 5.91 Å². The van der Waals surface area contributed by atoms with Gasteiger partial charge in [-0.2, -0.15) is 0 Å². The van der Waals surface area contributed by atoms with Crippen LogP contribution in [0.4, 0.5) is 5.69 Å². The second-order valence-corrected chi connectivity index (χ2v) is 9.19. The highest BCUT2D eigenvalue weighted by atomic mass is 16.1. The zero-order valence-electron chi connectivity index (χ0n) is 19.4. The number of pyridine rings is 2. The molecule has 2 aliphatic rings. The fourth-order valence-electron chi connectivity index (χ4n) is 4.84. The SMILES string of the molecule is CC(C)N1CCC(N2CCCN(c3cncc(CNC(=O)c4ccccn4)c3)CC2)CC1. The van der Waals surface area contributed by atoms with Gasteiger partial charge in [0, 0.05) is 57.2 Å². The van der Waals surface area contributed by atoms with Crippen molar-refractivity contribution in [1.82, 2.24) is 25.1 Å². The Morgan fingerprint density at radius 2 is 1.94 bits per heavy atom. The van der Waals surface area contributed by atoms with Crippen molar-refractivity contribution < 1.29 is 4.79 Å². The largest absolute Gasteiger partial charge is 0.369 e. The van der Waals surface area contributed by atoms with Gasteiger partial charge in [-0.1, -0.05) is 6.07 Å². The molecule has 7 heteroatoms. The minimum absolute atomic E-state index is 0.162. The van der Waals surface area contributed by atoms with Crippen LogP contribution in [0.3, 0.4) is 0 Å². The molecule has 7 nitrogen and oxygen atoms in total. The average molecular weight is 437 g/mol. The van der Waals surface area contributed by atoms with E-state index in [2.05, 4.69) is 49.9 Å². The summed E-state index contributed by atoms with van der Waals surface area (Å²) in [5.74, 6) is -0.162. The molecule has 2 aromatic heterocycles. The van der Waals surface area contributed by atoms with Crippen LogP contribution < -0.4 is 10.2 Å². The lowest BCUT2D eigenvalue weighted by atomic mass is 10.0. The summed E-state index contributed by atoms with van der Waals surface area (Å²) in [6.45, 7) is 11.8. The van der Waals surface area contributed by atoms with E-state index in [4.69, 9.17) is 0 Å². The summed E-state index contributed by atoms with van der Waals surface area (Å²) >= 11 is 0. The third-order valence-corrected chi connectivity index (χ3v) is 6.77. The van der Waals surface area contributed by atoms with Crippen molar-refractivity contribution in [3.8, 4) is 0 Å². The molecule has 0 saturated carbocycles. The number of hydrogen-bond acceptors (Lipinski definition) is 6. The van der Waals surface area contributed by atoms with Gasteiger partial charge in [0.25, 0.3) is 5.91 Å². The molecule has 0 bridgehead atoms. The maximum Gasteiger partial charge on any atom is 0.270 e. The van der Waals surface area contributed by atoms with Crippen molar-refractivity contribution in [2.45, 2.75) is 51.7 Å². The number of carbonyl (C=O) groups excluding carboxylic acids is 1. The van der Waals surface area contributed by atoms with E-state index in [1.807, 2.05) is 18.5 Å². The number of likely N-dealkylation sites (tertiary alicyclic amines) is 1. The number of anilines is 1. The first-order valence-electron chi connectivity index (χ1n) is 12.0. The topological polar surface area (TPSA) is 64.6 Å². The Morgan fingerprint density at radius 1 is 1.09 bits per heavy atom. The van der Waals surface area contributed by atoms with E-state index in [1.165, 1.54) is 38.9 Å². The van der Waals surface area contributed by atoms with Gasteiger partial charge in [-0.25, -0.2) is 0 Å². The maximum absolute atomic E-state index is 12.3. The van der Waals surface area contributed by atoms with Crippen LogP contribution >= 0.6 is 0 Å². The third-order valence-electron chi connectivity index (χ3n) is 6.77. The lowest BCUT2D eigenvalue weighted by Crippen LogP contribution is -2.47. The highest BCUT2D eigenvalue weighted by Gasteiger charge is 2.27. The molecule has 0 aromatic carbocycles. The molecule has 0 aliphatic carbocycles. The molecule has 0 spiro atoms. The number of aromatic nitrogens is 2. The highest BCUT2D eigenvalue weighted by Crippen LogP contribution is 2.22. The molecule has 0 unspecified atom stereocenters. The van der Waals surface area contributed by atoms with Gasteiger partial charge in [-0.3, -0.25) is 19.7 Å². The first-order valence-corrected chi connectivity index (χ1v) is 12.0. The molecule has 4 rings (SSSR count). The summed E-state index contributed by atoms with van der Waals surface area (Å²) in [7, 11) is 0. The van der Waals surface area contributed by atoms with E-state index in [0.29, 0.717) is 18.3 Å². The first kappa shape index (κ1) is 22.7. The predicted molar refractivity (Wildman–Crippen MR) is 128 cm³/mol. The molecular formula is C25H36N6O. The fourth-order valence-corrected chi connectivity index (χ4v) is 4.84. The molecule has 2 aromatic rings. The minimum atomic E-state index is -0.162. The normalized spacial score (nSPS) is 19.2. The molecule has 2 saturated heterocycles. The Bertz CT molecular complexity index is 866. The molecule has 1 N–H and O–H groups in total. The number of nitrogens with zero attached hydrogens (tertiary/aromatic N) is 5. The summed E-state index contributed by atoms with van der Waals surface area (Å²) in [5.41, 5.74) is 2.59. The fraction of sp³-hybridized carbons (Fsp3) is 0.560. The summed E-state index contributed by atoms with van der Waals surface area (Å²) in [4.78, 5) is 28.6. The van der Waals surface area contributed by atoms with E-state index in [0.717, 1.165) is 36.9 Å². The van der Waals surface area contributed by atoms with Gasteiger partial charge in [-0.05, 0) is 70.0 Å². The smallest absolute Gasteiger partial charge is 0.270 e. The van der Waals surface area contributed by atoms with Crippen LogP contribution in [-0.4, -0.2) is 77.0 Å². The average Bonchev–Trinajstić information content (AvgIpc) is 3.10. The molecule has 2 fully saturated rings. The number of rotatable bonds is 6. The van der Waals surface area contributed by atoms with Crippen LogP contribution in [0.15, 0.2) is 42.9 Å². The Hall–Kier alpha value is -2.51. The zero-order valence-corrected chi connectivity index (χ0v) is 19.4. The lowest BCUT2D eigenvalue weighted by molar-refractivity contribution is 0.0946. The van der Waals surface area contributed by atoms with Gasteiger partial charge in [0.1, 0.15) is 5.69 Å². The van der Waals surface area contributed by atoms with Crippen LogP contribution in [-0.2, 0) is 6.54 Å². The molecular weight excluding hydrogens is 400 g/mol. The van der Waals surface area contributed by atoms with Crippen molar-refractivity contribution >= 4 is 11.6 Å². The van der Waals surface area contributed by atoms with Crippen LogP contribution in [0.25, 0.3) is 0 Å². The van der Waals surface area contributed by atoms with Crippen LogP contribution in [0.5, 0.6) is 0 Å². The van der Waals surface area contributed by atoms with Crippen LogP contribution in [0, 0.1) is 0 Å². The van der Waals surface area contributed by atoms with E-state index >= 15 is 0 Å². The third kappa shape index (κ3) is 5.84. The van der Waals surface area contributed by atoms with Crippen LogP contribution in [0.1, 0.15) is 49.2 Å². The quantitative estimate of drug-likeness (QED) is 0.751. The van der Waals surface area contributed by atoms with Gasteiger partial charge >= 0.3 is 0 Å². The number of amides is 1. The van der Waals surface area contributed by atoms with Crippen molar-refractivity contribution in [3.05, 3.63) is 54.1 Å². The summed E-state index contributed by atoms with van der Waals surface area (Å²) < 4.78 is 0. The molecule has 32 heavy (non-hydrogen) atoms. The molecule has 0 atom stereocenters. The number of carbonyl (C=O) groups is 1. The number of piperidine rings is 1. The Labute approximate surface area is 191 Å². The van der Waals surface area contributed by atoms with Crippen molar-refractivity contribution in [3.63, 3.8) is 0 Å². The van der Waals surface area contributed by atoms with Gasteiger partial charge in [0.15, 0.2) is 0 Å². The monoisotopic (exact) mass is 436 g/mol. The molecule has 4 heterocycles. The Kier molecular flexibility index (Phi) is 7.71. The number of nitrogens with one attached hydrogen (secondary N) is 1. The zero-order chi connectivity index (χ0) is 22.3. The van der Waals surface area contributed by atoms with Gasteiger partial charge in [0.05, 0.1) is 11.9 Å². The maximum atomic E-state index is 12.3. The first-order chi connectivity index (χ1) is 15.6. The second-order valence-electron chi connectivity index (χ2n) is 9.19. The summed E-state index contributed by atoms with van der Waals surface area (Å²) in [5, 5.41) is 2.95. The molecule has 2 aliphatic heterocycles. The second kappa shape index (κ2) is 10.9. The molecule has 1 amide bonds. The van der Waals surface area contributed by atoms with E-state index < -0.39 is 0 Å². The van der Waals surface area contributed by atoms with Gasteiger partial charge in [-0.15, -0.1) is 0 Å². The Morgan fingerprint density at radius 3 is 2.69 bits per heavy atom. The van der Waals surface area contributed by atoms with Crippen molar-refractivity contribution in [1.29, 1.82) is 0 Å². The molecule has 172 valence electrons. The highest BCUT2D eigenvalue weighted by molar-refractivity contribution is 5.92. The van der Waals surface area contributed by atoms with E-state index in [9.17, 15) is 4.79 Å². The van der Waals surface area contributed by atoms with E-state index in [1.54, 1.807) is 18.3 Å².